The fraction of sp³-hybridized carbons (Fsp3) is 0.0263. The molecule has 4 nitrogen and oxygen atoms in total. The van der Waals surface area contributed by atoms with Crippen LogP contribution in [0.1, 0.15) is 12.6 Å². The number of nitrogens with zero attached hydrogens (tertiary/aromatic N) is 1. The van der Waals surface area contributed by atoms with Gasteiger partial charge in [0.15, 0.2) is 0 Å². The third kappa shape index (κ3) is 19.3. The van der Waals surface area contributed by atoms with E-state index in [1.54, 1.807) is 0 Å². The van der Waals surface area contributed by atoms with Gasteiger partial charge >= 0.3 is 103 Å². The molecule has 0 bridgehead atoms. The average molecular weight is 1210 g/mol. The summed E-state index contributed by atoms with van der Waals surface area (Å²) >= 11 is 28.6. The van der Waals surface area contributed by atoms with E-state index in [1.165, 1.54) is 14.7 Å². The molecule has 265 valence electrons. The van der Waals surface area contributed by atoms with Crippen LogP contribution in [0, 0.1) is 3.57 Å². The molecule has 0 N–H and O–H groups in total. The molecular weight excluding hydrogens is 1180 g/mol. The Kier molecular flexibility index (Phi) is 31.5. The third-order valence-corrected chi connectivity index (χ3v) is 10.4. The van der Waals surface area contributed by atoms with E-state index in [2.05, 4.69) is 139 Å². The maximum absolute atomic E-state index is 8.64. The predicted molar refractivity (Wildman–Crippen MR) is 225 cm³/mol. The molecule has 52 heavy (non-hydrogen) atoms. The van der Waals surface area contributed by atoms with E-state index in [4.69, 9.17) is 33.3 Å². The van der Waals surface area contributed by atoms with E-state index in [0.717, 1.165) is 46.4 Å². The van der Waals surface area contributed by atoms with Gasteiger partial charge in [-0.3, -0.25) is 4.79 Å². The Morgan fingerprint density at radius 3 is 1.54 bits per heavy atom. The normalized spacial score (nSPS) is 9.23. The first-order valence-electron chi connectivity index (χ1n) is 14.3. The molecule has 14 heteroatoms. The maximum Gasteiger partial charge on any atom is 1.00 e. The first-order chi connectivity index (χ1) is 23.6. The average Bonchev–Trinajstić information content (AvgIpc) is 3.10. The minimum atomic E-state index is -0.181. The molecule has 0 saturated carbocycles. The number of benzene rings is 6. The van der Waals surface area contributed by atoms with Crippen molar-refractivity contribution in [2.45, 2.75) is 6.42 Å². The minimum Gasteiger partial charge on any atom is -1.00 e. The van der Waals surface area contributed by atoms with Gasteiger partial charge in [-0.05, 0) is 145 Å². The molecular formula is C38H28Br4Cl2CuIK2NO3. The van der Waals surface area contributed by atoms with Crippen LogP contribution in [0.4, 0.5) is 17.1 Å². The molecule has 0 aliphatic rings. The molecule has 1 radical (unpaired) electrons. The van der Waals surface area contributed by atoms with Crippen LogP contribution in [0.25, 0.3) is 0 Å². The van der Waals surface area contributed by atoms with Gasteiger partial charge in [0.25, 0.3) is 6.47 Å². The van der Waals surface area contributed by atoms with Crippen LogP contribution in [0.3, 0.4) is 0 Å². The summed E-state index contributed by atoms with van der Waals surface area (Å²) in [7, 11) is 0. The van der Waals surface area contributed by atoms with Crippen LogP contribution in [0.5, 0.6) is 0 Å². The minimum absolute atomic E-state index is 0. The Morgan fingerprint density at radius 1 is 0.615 bits per heavy atom. The molecule has 0 spiro atoms. The van der Waals surface area contributed by atoms with E-state index < -0.39 is 0 Å². The monoisotopic (exact) mass is 1200 g/mol. The molecule has 6 rings (SSSR count). The molecule has 0 atom stereocenters. The van der Waals surface area contributed by atoms with Gasteiger partial charge in [-0.2, -0.15) is 0 Å². The Morgan fingerprint density at radius 2 is 1.06 bits per heavy atom. The fourth-order valence-electron chi connectivity index (χ4n) is 4.21. The number of carbonyl (C=O) groups excluding carboxylic acids is 1. The van der Waals surface area contributed by atoms with Crippen molar-refractivity contribution in [1.82, 2.24) is 0 Å². The maximum atomic E-state index is 8.64. The van der Waals surface area contributed by atoms with Crippen LogP contribution in [0.2, 0.25) is 10.0 Å². The van der Waals surface area contributed by atoms with Crippen LogP contribution in [-0.2, 0) is 33.2 Å². The Bertz CT molecular complexity index is 1930. The van der Waals surface area contributed by atoms with Crippen molar-refractivity contribution in [3.8, 4) is 0 Å². The number of para-hydroxylation sites is 2. The first-order valence-corrected chi connectivity index (χ1v) is 19.3. The largest absolute Gasteiger partial charge is 1.00 e. The van der Waals surface area contributed by atoms with Crippen molar-refractivity contribution in [1.29, 1.82) is 0 Å². The molecule has 0 amide bonds. The number of carbonyl (C=O) groups is 1. The zero-order valence-electron chi connectivity index (χ0n) is 28.8. The summed E-state index contributed by atoms with van der Waals surface area (Å²) in [4.78, 5) is 13.4. The van der Waals surface area contributed by atoms with Crippen LogP contribution in [-0.4, -0.2) is 6.47 Å². The van der Waals surface area contributed by atoms with Crippen molar-refractivity contribution in [2.75, 3.05) is 4.90 Å². The van der Waals surface area contributed by atoms with E-state index in [1.807, 2.05) is 103 Å². The SMILES string of the molecule is Clc1ccc(Cc2ccccc2Br)c(Br)c1.Clc1ccc(N(c2ccccc2)c2ccccc2Br)c(Br)c1.Ic1ccccc1.O=CO[O-].[Cu].[H-].[K+].[K+]. The van der Waals surface area contributed by atoms with Gasteiger partial charge in [-0.1, -0.05) is 128 Å². The van der Waals surface area contributed by atoms with Gasteiger partial charge in [0.05, 0.1) is 11.4 Å². The first kappa shape index (κ1) is 53.6. The van der Waals surface area contributed by atoms with E-state index >= 15 is 0 Å². The quantitative estimate of drug-likeness (QED) is 0.0567. The molecule has 0 unspecified atom stereocenters. The summed E-state index contributed by atoms with van der Waals surface area (Å²) in [6.07, 6.45) is 0.888. The van der Waals surface area contributed by atoms with Gasteiger partial charge in [0.2, 0.25) is 0 Å². The molecule has 0 aliphatic carbocycles. The van der Waals surface area contributed by atoms with Gasteiger partial charge < -0.3 is 16.5 Å². The van der Waals surface area contributed by atoms with E-state index in [0.29, 0.717) is 5.02 Å². The number of halogens is 7. The molecule has 0 saturated heterocycles. The third-order valence-electron chi connectivity index (χ3n) is 6.38. The fourth-order valence-corrected chi connectivity index (χ4v) is 7.19. The summed E-state index contributed by atoms with van der Waals surface area (Å²) in [6, 6.07) is 48.5. The number of hydrogen-bond donors (Lipinski definition) is 0. The standard InChI is InChI=1S/C18H12Br2ClN.C13H9Br2Cl.C6H5I.CH2O3.Cu.2K.H/c19-15-8-4-5-9-17(15)22(14-6-2-1-3-7-14)18-11-10-13(21)12-16(18)20;14-12-4-2-1-3-9(12)7-10-5-6-11(16)8-13(10)15;7-6-4-2-1-3-5-6;2-1-4-3;;;;/h1-12H;1-6,8H,7H2;1-5H;1,3H;;;;/q;;;;;2*+1;-1/p-1. The Balaban J connectivity index is 0. The Labute approximate surface area is 459 Å². The number of hydrogen-bond acceptors (Lipinski definition) is 4. The molecule has 0 fully saturated rings. The molecule has 6 aromatic rings. The smallest absolute Gasteiger partial charge is 1.00 e. The van der Waals surface area contributed by atoms with Gasteiger partial charge in [0, 0.05) is 54.3 Å². The molecule has 6 aromatic carbocycles. The number of anilines is 3. The summed E-state index contributed by atoms with van der Waals surface area (Å²) < 4.78 is 5.45. The molecule has 0 aromatic heterocycles. The van der Waals surface area contributed by atoms with Crippen molar-refractivity contribution in [3.63, 3.8) is 0 Å². The van der Waals surface area contributed by atoms with E-state index in [9.17, 15) is 0 Å². The summed E-state index contributed by atoms with van der Waals surface area (Å²) in [5.74, 6) is 0. The van der Waals surface area contributed by atoms with Crippen LogP contribution in [0.15, 0.2) is 163 Å². The van der Waals surface area contributed by atoms with Crippen molar-refractivity contribution in [3.05, 3.63) is 188 Å². The van der Waals surface area contributed by atoms with Gasteiger partial charge in [0.1, 0.15) is 0 Å². The predicted octanol–water partition coefficient (Wildman–Crippen LogP) is 7.63. The second kappa shape index (κ2) is 30.6. The second-order valence-corrected chi connectivity index (χ2v) is 15.2. The summed E-state index contributed by atoms with van der Waals surface area (Å²) in [6.45, 7) is -0.181. The Hall–Kier alpha value is 1.57. The van der Waals surface area contributed by atoms with Gasteiger partial charge in [-0.15, -0.1) is 0 Å². The summed E-state index contributed by atoms with van der Waals surface area (Å²) in [5.41, 5.74) is 5.68. The van der Waals surface area contributed by atoms with Crippen LogP contribution < -0.4 is 113 Å². The van der Waals surface area contributed by atoms with Crippen LogP contribution >= 0.6 is 110 Å². The zero-order chi connectivity index (χ0) is 35.6. The second-order valence-electron chi connectivity index (χ2n) is 9.71. The number of rotatable bonds is 6. The topological polar surface area (TPSA) is 52.6 Å². The van der Waals surface area contributed by atoms with Crippen molar-refractivity contribution < 1.29 is 136 Å². The zero-order valence-corrected chi connectivity index (χ0v) is 45.0. The van der Waals surface area contributed by atoms with Crippen molar-refractivity contribution >= 4 is 133 Å². The molecule has 0 heterocycles. The van der Waals surface area contributed by atoms with Crippen molar-refractivity contribution in [2.24, 2.45) is 0 Å². The molecule has 0 aliphatic heterocycles. The summed E-state index contributed by atoms with van der Waals surface area (Å²) in [5, 5.41) is 9.89. The van der Waals surface area contributed by atoms with Gasteiger partial charge in [-0.25, -0.2) is 0 Å². The van der Waals surface area contributed by atoms with E-state index in [-0.39, 0.29) is 128 Å².